The van der Waals surface area contributed by atoms with E-state index in [0.717, 1.165) is 67.8 Å². The van der Waals surface area contributed by atoms with E-state index in [1.54, 1.807) is 18.4 Å². The van der Waals surface area contributed by atoms with Gasteiger partial charge >= 0.3 is 6.03 Å². The lowest BCUT2D eigenvalue weighted by Gasteiger charge is -2.23. The molecule has 0 radical (unpaired) electrons. The van der Waals surface area contributed by atoms with Crippen LogP contribution in [0.25, 0.3) is 0 Å². The van der Waals surface area contributed by atoms with Gasteiger partial charge in [-0.05, 0) is 32.9 Å². The van der Waals surface area contributed by atoms with Gasteiger partial charge in [-0.15, -0.1) is 11.3 Å². The largest absolute Gasteiger partial charge is 0.357 e. The van der Waals surface area contributed by atoms with Gasteiger partial charge in [-0.3, -0.25) is 4.99 Å². The fourth-order valence-corrected chi connectivity index (χ4v) is 3.61. The first-order valence-electron chi connectivity index (χ1n) is 11.6. The first-order valence-corrected chi connectivity index (χ1v) is 12.4. The molecule has 0 unspecified atom stereocenters. The summed E-state index contributed by atoms with van der Waals surface area (Å²) in [6.07, 6.45) is 6.98. The first-order chi connectivity index (χ1) is 15.5. The highest BCUT2D eigenvalue weighted by Crippen LogP contribution is 2.18. The molecule has 0 atom stereocenters. The van der Waals surface area contributed by atoms with Gasteiger partial charge in [0.1, 0.15) is 11.7 Å². The average Bonchev–Trinajstić information content (AvgIpc) is 3.40. The molecule has 0 saturated carbocycles. The van der Waals surface area contributed by atoms with Gasteiger partial charge < -0.3 is 20.4 Å². The van der Waals surface area contributed by atoms with E-state index in [2.05, 4.69) is 58.0 Å². The van der Waals surface area contributed by atoms with Crippen molar-refractivity contribution in [1.29, 1.82) is 0 Å². The Hall–Kier alpha value is -2.42. The Morgan fingerprint density at radius 1 is 1.31 bits per heavy atom. The maximum Gasteiger partial charge on any atom is 0.317 e. The van der Waals surface area contributed by atoms with Crippen molar-refractivity contribution >= 4 is 35.1 Å². The number of hydrogen-bond donors (Lipinski definition) is 2. The molecule has 2 amide bonds. The van der Waals surface area contributed by atoms with Gasteiger partial charge in [0.15, 0.2) is 5.13 Å². The zero-order valence-electron chi connectivity index (χ0n) is 21.1. The van der Waals surface area contributed by atoms with Crippen molar-refractivity contribution in [2.24, 2.45) is 9.98 Å². The second kappa shape index (κ2) is 18.2. The Bertz CT molecular complexity index is 709. The predicted molar refractivity (Wildman–Crippen MR) is 140 cm³/mol. The second-order valence-electron chi connectivity index (χ2n) is 6.88. The summed E-state index contributed by atoms with van der Waals surface area (Å²) >= 11 is 1.59. The molecule has 2 heterocycles. The van der Waals surface area contributed by atoms with Gasteiger partial charge in [-0.1, -0.05) is 34.6 Å². The van der Waals surface area contributed by atoms with E-state index in [9.17, 15) is 4.79 Å². The summed E-state index contributed by atoms with van der Waals surface area (Å²) in [4.78, 5) is 28.7. The third-order valence-electron chi connectivity index (χ3n) is 4.27. The van der Waals surface area contributed by atoms with Crippen LogP contribution in [0.1, 0.15) is 58.8 Å². The number of carbonyl (C=O) groups excluding carboxylic acids is 1. The third-order valence-corrected chi connectivity index (χ3v) is 5.10. The number of rotatable bonds is 10. The first kappa shape index (κ1) is 29.6. The molecule has 182 valence electrons. The molecule has 0 spiro atoms. The van der Waals surface area contributed by atoms with Crippen LogP contribution in [0.15, 0.2) is 28.1 Å². The number of thiazole rings is 1. The Balaban J connectivity index is 0.000000723. The van der Waals surface area contributed by atoms with E-state index < -0.39 is 0 Å². The van der Waals surface area contributed by atoms with E-state index in [1.165, 1.54) is 0 Å². The minimum absolute atomic E-state index is 0.0943. The molecule has 1 saturated heterocycles. The van der Waals surface area contributed by atoms with Crippen LogP contribution in [0.2, 0.25) is 0 Å². The minimum atomic E-state index is 0.0943. The molecule has 0 aromatic carbocycles. The monoisotopic (exact) mass is 465 g/mol. The van der Waals surface area contributed by atoms with Gasteiger partial charge in [0, 0.05) is 56.9 Å². The van der Waals surface area contributed by atoms with Crippen molar-refractivity contribution in [2.75, 3.05) is 45.1 Å². The maximum atomic E-state index is 10.8. The van der Waals surface area contributed by atoms with Crippen molar-refractivity contribution in [2.45, 2.75) is 60.8 Å². The number of carbonyl (C=O) groups is 1. The fourth-order valence-electron chi connectivity index (χ4n) is 2.94. The number of amides is 2. The molecule has 2 rings (SSSR count). The molecule has 1 aromatic heterocycles. The number of amidine groups is 1. The van der Waals surface area contributed by atoms with E-state index >= 15 is 0 Å². The lowest BCUT2D eigenvalue weighted by Crippen LogP contribution is -2.31. The minimum Gasteiger partial charge on any atom is -0.357 e. The smallest absolute Gasteiger partial charge is 0.317 e. The standard InChI is InChI=1S/C15H25N5S.C6H12N2O.C2H6/c1-6-8-20(9-7-2)14(17-5)10-13(16-4)19-15-18-11-12(3)21-15;1-2-4-8-5-3-7-6(8)9;1-2/h10-11H,4,6-9H2,1-3,5H3,(H,18,19);2-5H2,1H3,(H,7,9);1-2H3/b13-10+,17-14?;;. The zero-order chi connectivity index (χ0) is 24.4. The third kappa shape index (κ3) is 11.3. The van der Waals surface area contributed by atoms with Crippen molar-refractivity contribution in [3.63, 3.8) is 0 Å². The van der Waals surface area contributed by atoms with E-state index in [4.69, 9.17) is 0 Å². The average molecular weight is 466 g/mol. The van der Waals surface area contributed by atoms with Crippen molar-refractivity contribution in [3.8, 4) is 0 Å². The SMILES string of the molecule is C=N/C(=C\C(=NC)N(CCC)CCC)Nc1ncc(C)s1.CC.CCCN1CCNC1=O. The van der Waals surface area contributed by atoms with Crippen LogP contribution in [0.4, 0.5) is 9.93 Å². The Morgan fingerprint density at radius 2 is 1.97 bits per heavy atom. The molecule has 1 fully saturated rings. The molecule has 1 aromatic rings. The number of hydrogen-bond acceptors (Lipinski definition) is 6. The summed E-state index contributed by atoms with van der Waals surface area (Å²) < 4.78 is 0. The second-order valence-corrected chi connectivity index (χ2v) is 8.11. The van der Waals surface area contributed by atoms with Crippen LogP contribution in [0.5, 0.6) is 0 Å². The van der Waals surface area contributed by atoms with E-state index in [-0.39, 0.29) is 6.03 Å². The van der Waals surface area contributed by atoms with E-state index in [1.807, 2.05) is 37.9 Å². The number of nitrogens with zero attached hydrogens (tertiary/aromatic N) is 5. The highest BCUT2D eigenvalue weighted by atomic mass is 32.1. The van der Waals surface area contributed by atoms with Gasteiger partial charge in [0.25, 0.3) is 0 Å². The molecular formula is C23H43N7OS. The van der Waals surface area contributed by atoms with Crippen LogP contribution in [0.3, 0.4) is 0 Å². The Labute approximate surface area is 198 Å². The lowest BCUT2D eigenvalue weighted by molar-refractivity contribution is 0.217. The van der Waals surface area contributed by atoms with Crippen molar-refractivity contribution in [3.05, 3.63) is 23.0 Å². The summed E-state index contributed by atoms with van der Waals surface area (Å²) in [6, 6.07) is 0.0943. The number of nitrogens with one attached hydrogen (secondary N) is 2. The van der Waals surface area contributed by atoms with Gasteiger partial charge in [0.05, 0.1) is 0 Å². The maximum absolute atomic E-state index is 10.8. The van der Waals surface area contributed by atoms with Crippen LogP contribution in [-0.2, 0) is 0 Å². The zero-order valence-corrected chi connectivity index (χ0v) is 21.9. The summed E-state index contributed by atoms with van der Waals surface area (Å²) in [5.74, 6) is 1.59. The number of anilines is 1. The van der Waals surface area contributed by atoms with Crippen molar-refractivity contribution in [1.82, 2.24) is 20.1 Å². The van der Waals surface area contributed by atoms with Gasteiger partial charge in [-0.2, -0.15) is 0 Å². The van der Waals surface area contributed by atoms with Gasteiger partial charge in [0.2, 0.25) is 0 Å². The summed E-state index contributed by atoms with van der Waals surface area (Å²) in [7, 11) is 1.80. The van der Waals surface area contributed by atoms with E-state index in [0.29, 0.717) is 5.82 Å². The quantitative estimate of drug-likeness (QED) is 0.376. The Kier molecular flexibility index (Phi) is 16.8. The van der Waals surface area contributed by atoms with Gasteiger partial charge in [-0.25, -0.2) is 14.8 Å². The molecule has 32 heavy (non-hydrogen) atoms. The number of aromatic nitrogens is 1. The normalized spacial score (nSPS) is 13.5. The predicted octanol–water partition coefficient (Wildman–Crippen LogP) is 5.00. The molecular weight excluding hydrogens is 422 g/mol. The fraction of sp³-hybridized carbons (Fsp3) is 0.652. The summed E-state index contributed by atoms with van der Waals surface area (Å²) in [5.41, 5.74) is 0. The summed E-state index contributed by atoms with van der Waals surface area (Å²) in [6.45, 7) is 20.6. The summed E-state index contributed by atoms with van der Waals surface area (Å²) in [5, 5.41) is 6.75. The number of aryl methyl sites for hydroxylation is 1. The molecule has 0 bridgehead atoms. The number of urea groups is 1. The highest BCUT2D eigenvalue weighted by molar-refractivity contribution is 7.15. The molecule has 2 N–H and O–H groups in total. The molecule has 1 aliphatic heterocycles. The Morgan fingerprint density at radius 3 is 2.38 bits per heavy atom. The van der Waals surface area contributed by atoms with Crippen LogP contribution in [0, 0.1) is 6.92 Å². The van der Waals surface area contributed by atoms with Crippen LogP contribution in [-0.4, -0.2) is 73.1 Å². The van der Waals surface area contributed by atoms with Crippen LogP contribution < -0.4 is 10.6 Å². The molecule has 9 heteroatoms. The van der Waals surface area contributed by atoms with Crippen molar-refractivity contribution < 1.29 is 4.79 Å². The molecule has 1 aliphatic rings. The molecule has 8 nitrogen and oxygen atoms in total. The molecule has 0 aliphatic carbocycles. The highest BCUT2D eigenvalue weighted by Gasteiger charge is 2.17. The van der Waals surface area contributed by atoms with Crippen LogP contribution >= 0.6 is 11.3 Å². The topological polar surface area (TPSA) is 85.2 Å². The number of aliphatic imine (C=N–C) groups is 2. The lowest BCUT2D eigenvalue weighted by atomic mass is 10.3.